The molecule has 2 aromatic carbocycles. The number of nitrogens with one attached hydrogen (secondary N) is 2. The lowest BCUT2D eigenvalue weighted by Crippen LogP contribution is -2.16. The summed E-state index contributed by atoms with van der Waals surface area (Å²) in [4.78, 5) is 25.7. The Morgan fingerprint density at radius 2 is 1.79 bits per heavy atom. The van der Waals surface area contributed by atoms with E-state index >= 15 is 0 Å². The van der Waals surface area contributed by atoms with Crippen molar-refractivity contribution in [3.05, 3.63) is 76.5 Å². The smallest absolute Gasteiger partial charge is 0.387 e. The first-order valence-electron chi connectivity index (χ1n) is 10.1. The zero-order chi connectivity index (χ0) is 23.6. The van der Waals surface area contributed by atoms with E-state index in [1.54, 1.807) is 31.2 Å². The van der Waals surface area contributed by atoms with Gasteiger partial charge in [0.15, 0.2) is 11.5 Å². The predicted octanol–water partition coefficient (Wildman–Crippen LogP) is 5.58. The van der Waals surface area contributed by atoms with Crippen LogP contribution in [0.5, 0.6) is 11.5 Å². The van der Waals surface area contributed by atoms with Crippen molar-refractivity contribution in [3.63, 3.8) is 0 Å². The molecule has 6 nitrogen and oxygen atoms in total. The Bertz CT molecular complexity index is 1120. The van der Waals surface area contributed by atoms with Crippen LogP contribution < -0.4 is 20.1 Å². The Morgan fingerprint density at radius 1 is 1.03 bits per heavy atom. The molecule has 0 aliphatic rings. The largest absolute Gasteiger partial charge is 0.490 e. The maximum absolute atomic E-state index is 12.5. The highest BCUT2D eigenvalue weighted by Crippen LogP contribution is 2.30. The van der Waals surface area contributed by atoms with E-state index in [0.29, 0.717) is 16.9 Å². The fourth-order valence-corrected chi connectivity index (χ4v) is 3.61. The van der Waals surface area contributed by atoms with Crippen LogP contribution in [0, 0.1) is 0 Å². The van der Waals surface area contributed by atoms with Crippen molar-refractivity contribution in [2.75, 3.05) is 17.2 Å². The highest BCUT2D eigenvalue weighted by Gasteiger charge is 2.12. The topological polar surface area (TPSA) is 76.7 Å². The van der Waals surface area contributed by atoms with E-state index in [1.807, 2.05) is 17.5 Å². The first-order chi connectivity index (χ1) is 15.9. The van der Waals surface area contributed by atoms with Crippen LogP contribution in [0.4, 0.5) is 20.2 Å². The van der Waals surface area contributed by atoms with Gasteiger partial charge in [-0.1, -0.05) is 24.3 Å². The molecule has 0 aliphatic carbocycles. The molecule has 0 unspecified atom stereocenters. The highest BCUT2D eigenvalue weighted by atomic mass is 32.1. The monoisotopic (exact) mass is 472 g/mol. The Labute approximate surface area is 193 Å². The van der Waals surface area contributed by atoms with E-state index in [4.69, 9.17) is 4.74 Å². The number of hydrogen-bond donors (Lipinski definition) is 2. The number of alkyl halides is 2. The summed E-state index contributed by atoms with van der Waals surface area (Å²) in [6.07, 6.45) is 3.05. The van der Waals surface area contributed by atoms with Crippen LogP contribution >= 0.6 is 11.3 Å². The van der Waals surface area contributed by atoms with Crippen LogP contribution in [0.2, 0.25) is 0 Å². The van der Waals surface area contributed by atoms with Crippen molar-refractivity contribution >= 4 is 40.6 Å². The zero-order valence-electron chi connectivity index (χ0n) is 17.7. The van der Waals surface area contributed by atoms with Crippen LogP contribution in [0.15, 0.2) is 66.1 Å². The first kappa shape index (κ1) is 23.9. The van der Waals surface area contributed by atoms with E-state index in [1.165, 1.54) is 41.7 Å². The third-order valence-electron chi connectivity index (χ3n) is 4.28. The second-order valence-corrected chi connectivity index (χ2v) is 7.72. The number of ether oxygens (including phenoxy) is 2. The number of anilines is 2. The average molecular weight is 473 g/mol. The Hall–Kier alpha value is -3.72. The normalized spacial score (nSPS) is 10.9. The number of amides is 2. The second-order valence-electron chi connectivity index (χ2n) is 6.69. The number of carbonyl (C=O) groups is 2. The van der Waals surface area contributed by atoms with Crippen molar-refractivity contribution < 1.29 is 27.8 Å². The molecule has 33 heavy (non-hydrogen) atoms. The summed E-state index contributed by atoms with van der Waals surface area (Å²) in [7, 11) is 0. The van der Waals surface area contributed by atoms with Crippen molar-refractivity contribution in [1.82, 2.24) is 0 Å². The van der Waals surface area contributed by atoms with E-state index in [-0.39, 0.29) is 30.4 Å². The third kappa shape index (κ3) is 7.43. The number of halogens is 2. The summed E-state index contributed by atoms with van der Waals surface area (Å²) in [5, 5.41) is 7.44. The van der Waals surface area contributed by atoms with Crippen LogP contribution in [0.25, 0.3) is 6.08 Å². The lowest BCUT2D eigenvalue weighted by atomic mass is 10.2. The lowest BCUT2D eigenvalue weighted by molar-refractivity contribution is -0.115. The Kier molecular flexibility index (Phi) is 8.54. The van der Waals surface area contributed by atoms with Gasteiger partial charge < -0.3 is 20.1 Å². The molecule has 0 atom stereocenters. The molecule has 9 heteroatoms. The summed E-state index contributed by atoms with van der Waals surface area (Å²) in [5.74, 6) is -0.551. The van der Waals surface area contributed by atoms with Gasteiger partial charge >= 0.3 is 6.61 Å². The Morgan fingerprint density at radius 3 is 2.45 bits per heavy atom. The van der Waals surface area contributed by atoms with E-state index in [2.05, 4.69) is 15.4 Å². The molecule has 3 rings (SSSR count). The maximum atomic E-state index is 12.5. The molecule has 0 bridgehead atoms. The van der Waals surface area contributed by atoms with Gasteiger partial charge in [-0.05, 0) is 54.3 Å². The second kappa shape index (κ2) is 11.8. The van der Waals surface area contributed by atoms with E-state index < -0.39 is 12.5 Å². The van der Waals surface area contributed by atoms with Gasteiger partial charge in [0.05, 0.1) is 24.4 Å². The minimum Gasteiger partial charge on any atom is -0.490 e. The summed E-state index contributed by atoms with van der Waals surface area (Å²) in [6, 6.07) is 15.0. The summed E-state index contributed by atoms with van der Waals surface area (Å²) >= 11 is 1.50. The van der Waals surface area contributed by atoms with Crippen molar-refractivity contribution in [2.45, 2.75) is 20.0 Å². The molecule has 0 saturated carbocycles. The molecular formula is C24H22F2N2O4S. The summed E-state index contributed by atoms with van der Waals surface area (Å²) in [6.45, 7) is -0.983. The number of rotatable bonds is 10. The molecule has 0 fully saturated rings. The van der Waals surface area contributed by atoms with Gasteiger partial charge in [0.25, 0.3) is 0 Å². The van der Waals surface area contributed by atoms with Crippen LogP contribution in [0.3, 0.4) is 0 Å². The van der Waals surface area contributed by atoms with Gasteiger partial charge in [0, 0.05) is 11.0 Å². The molecule has 0 saturated heterocycles. The minimum atomic E-state index is -2.97. The van der Waals surface area contributed by atoms with Crippen LogP contribution in [-0.4, -0.2) is 25.0 Å². The molecule has 2 N–H and O–H groups in total. The quantitative estimate of drug-likeness (QED) is 0.378. The van der Waals surface area contributed by atoms with Gasteiger partial charge in [0.2, 0.25) is 11.8 Å². The van der Waals surface area contributed by atoms with Gasteiger partial charge in [-0.25, -0.2) is 0 Å². The third-order valence-corrected chi connectivity index (χ3v) is 5.16. The minimum absolute atomic E-state index is 0.0827. The van der Waals surface area contributed by atoms with Crippen molar-refractivity contribution in [1.29, 1.82) is 0 Å². The molecule has 0 spiro atoms. The van der Waals surface area contributed by atoms with Crippen LogP contribution in [0.1, 0.15) is 17.4 Å². The van der Waals surface area contributed by atoms with Gasteiger partial charge in [-0.3, -0.25) is 9.59 Å². The van der Waals surface area contributed by atoms with E-state index in [9.17, 15) is 18.4 Å². The predicted molar refractivity (Wildman–Crippen MR) is 125 cm³/mol. The molecule has 0 aliphatic heterocycles. The first-order valence-corrected chi connectivity index (χ1v) is 10.9. The Balaban J connectivity index is 1.66. The molecule has 0 radical (unpaired) electrons. The highest BCUT2D eigenvalue weighted by molar-refractivity contribution is 7.10. The number of hydrogen-bond acceptors (Lipinski definition) is 5. The maximum Gasteiger partial charge on any atom is 0.387 e. The molecule has 1 heterocycles. The molecule has 1 aromatic heterocycles. The summed E-state index contributed by atoms with van der Waals surface area (Å²) in [5.41, 5.74) is 1.49. The average Bonchev–Trinajstić information content (AvgIpc) is 3.28. The number of thiophene rings is 1. The van der Waals surface area contributed by atoms with Gasteiger partial charge in [0.1, 0.15) is 0 Å². The SMILES string of the molecule is CCOc1cc(C=CC(=O)Nc2ccccc2NC(=O)Cc2cccs2)ccc1OC(F)F. The van der Waals surface area contributed by atoms with Crippen molar-refractivity contribution in [2.24, 2.45) is 0 Å². The van der Waals surface area contributed by atoms with Gasteiger partial charge in [-0.2, -0.15) is 8.78 Å². The zero-order valence-corrected chi connectivity index (χ0v) is 18.5. The molecular weight excluding hydrogens is 450 g/mol. The van der Waals surface area contributed by atoms with Crippen LogP contribution in [-0.2, 0) is 16.0 Å². The molecule has 2 amide bonds. The summed E-state index contributed by atoms with van der Waals surface area (Å²) < 4.78 is 34.9. The number of para-hydroxylation sites is 2. The molecule has 3 aromatic rings. The fraction of sp³-hybridized carbons (Fsp3) is 0.167. The lowest BCUT2D eigenvalue weighted by Gasteiger charge is -2.12. The number of carbonyl (C=O) groups excluding carboxylic acids is 2. The van der Waals surface area contributed by atoms with E-state index in [0.717, 1.165) is 4.88 Å². The van der Waals surface area contributed by atoms with Gasteiger partial charge in [-0.15, -0.1) is 11.3 Å². The fourth-order valence-electron chi connectivity index (χ4n) is 2.90. The standard InChI is InChI=1S/C24H22F2N2O4S/c1-2-31-21-14-16(9-11-20(21)32-24(25)26)10-12-22(29)27-18-7-3-4-8-19(18)28-23(30)15-17-6-5-13-33-17/h3-14,24H,2,15H2,1H3,(H,27,29)(H,28,30). The molecule has 172 valence electrons. The van der Waals surface area contributed by atoms with Crippen molar-refractivity contribution in [3.8, 4) is 11.5 Å². The number of benzene rings is 2.